The van der Waals surface area contributed by atoms with E-state index in [0.29, 0.717) is 6.67 Å². The van der Waals surface area contributed by atoms with E-state index >= 15 is 0 Å². The molecule has 0 amide bonds. The molecule has 0 fully saturated rings. The molecule has 0 spiro atoms. The van der Waals surface area contributed by atoms with Crippen molar-refractivity contribution in [3.63, 3.8) is 0 Å². The monoisotopic (exact) mass is 746 g/mol. The van der Waals surface area contributed by atoms with E-state index in [1.54, 1.807) is 0 Å². The molecule has 57 heavy (non-hydrogen) atoms. The third-order valence-electron chi connectivity index (χ3n) is 11.5. The van der Waals surface area contributed by atoms with Crippen LogP contribution in [0, 0.1) is 13.8 Å². The van der Waals surface area contributed by atoms with Crippen molar-refractivity contribution in [3.8, 4) is 28.4 Å². The summed E-state index contributed by atoms with van der Waals surface area (Å²) in [6.45, 7) is 18.7. The van der Waals surface area contributed by atoms with Crippen LogP contribution in [-0.4, -0.2) is 16.2 Å². The zero-order valence-corrected chi connectivity index (χ0v) is 34.3. The number of anilines is 4. The van der Waals surface area contributed by atoms with Crippen molar-refractivity contribution < 1.29 is 4.74 Å². The number of aryl methyl sites for hydroxylation is 2. The Morgan fingerprint density at radius 3 is 1.91 bits per heavy atom. The summed E-state index contributed by atoms with van der Waals surface area (Å²) in [5, 5.41) is 2.45. The highest BCUT2D eigenvalue weighted by molar-refractivity contribution is 6.11. The van der Waals surface area contributed by atoms with Crippen LogP contribution in [-0.2, 0) is 10.8 Å². The Kier molecular flexibility index (Phi) is 8.73. The second kappa shape index (κ2) is 13.7. The molecule has 1 aliphatic heterocycles. The molecule has 9 rings (SSSR count). The van der Waals surface area contributed by atoms with Gasteiger partial charge in [-0.2, -0.15) is 0 Å². The molecule has 284 valence electrons. The Morgan fingerprint density at radius 1 is 0.561 bits per heavy atom. The topological polar surface area (TPSA) is 33.5 Å². The maximum Gasteiger partial charge on any atom is 0.137 e. The van der Waals surface area contributed by atoms with E-state index in [0.717, 1.165) is 39.7 Å². The van der Waals surface area contributed by atoms with Gasteiger partial charge in [-0.3, -0.25) is 4.57 Å². The number of ether oxygens (including phenoxy) is 1. The Labute approximate surface area is 336 Å². The second-order valence-corrected chi connectivity index (χ2v) is 17.5. The molecule has 0 aliphatic carbocycles. The van der Waals surface area contributed by atoms with Gasteiger partial charge in [-0.15, -0.1) is 0 Å². The lowest BCUT2D eigenvalue weighted by molar-refractivity contribution is 0.483. The van der Waals surface area contributed by atoms with E-state index in [1.807, 2.05) is 12.3 Å². The molecule has 0 N–H and O–H groups in total. The van der Waals surface area contributed by atoms with E-state index in [4.69, 9.17) is 9.72 Å². The quantitative estimate of drug-likeness (QED) is 0.170. The fourth-order valence-electron chi connectivity index (χ4n) is 8.60. The Bertz CT molecular complexity index is 2800. The van der Waals surface area contributed by atoms with E-state index in [1.165, 1.54) is 55.5 Å². The number of nitrogens with zero attached hydrogens (tertiary/aromatic N) is 4. The molecule has 1 aliphatic rings. The molecule has 0 saturated heterocycles. The molecule has 2 aromatic heterocycles. The van der Waals surface area contributed by atoms with E-state index in [9.17, 15) is 0 Å². The molecule has 0 radical (unpaired) electrons. The highest BCUT2D eigenvalue weighted by atomic mass is 16.5. The normalized spacial score (nSPS) is 13.1. The number of hydrogen-bond acceptors (Lipinski definition) is 4. The third-order valence-corrected chi connectivity index (χ3v) is 11.5. The van der Waals surface area contributed by atoms with Gasteiger partial charge in [0.05, 0.1) is 22.4 Å². The Morgan fingerprint density at radius 2 is 1.21 bits per heavy atom. The highest BCUT2D eigenvalue weighted by Crippen LogP contribution is 2.46. The smallest absolute Gasteiger partial charge is 0.137 e. The minimum absolute atomic E-state index is 0.0103. The maximum atomic E-state index is 6.76. The summed E-state index contributed by atoms with van der Waals surface area (Å²) >= 11 is 0. The standard InChI is InChI=1S/C52H50N4O/c1-34-15-11-16-35(2)49(34)36-17-12-18-38(29-36)54-33-55(45-23-10-9-22-44(45)54)39-19-13-20-40(31-39)57-41-25-26-42-47(32-41)56(48-30-37(27-28-53-48)51(3,4)5)46-24-14-21-43(50(42)46)52(6,7)8/h9-32H,33H2,1-8H3. The van der Waals surface area contributed by atoms with Crippen molar-refractivity contribution in [1.29, 1.82) is 0 Å². The van der Waals surface area contributed by atoms with Crippen molar-refractivity contribution in [3.05, 3.63) is 168 Å². The molecular formula is C52H50N4O. The average Bonchev–Trinajstić information content (AvgIpc) is 3.74. The predicted octanol–water partition coefficient (Wildman–Crippen LogP) is 14.1. The summed E-state index contributed by atoms with van der Waals surface area (Å²) in [5.41, 5.74) is 14.4. The van der Waals surface area contributed by atoms with Gasteiger partial charge in [-0.05, 0) is 125 Å². The number of pyridine rings is 1. The van der Waals surface area contributed by atoms with Crippen LogP contribution in [0.3, 0.4) is 0 Å². The number of para-hydroxylation sites is 2. The lowest BCUT2D eigenvalue weighted by Crippen LogP contribution is -2.23. The van der Waals surface area contributed by atoms with Crippen LogP contribution in [0.2, 0.25) is 0 Å². The SMILES string of the molecule is Cc1cccc(C)c1-c1cccc(N2CN(c3cccc(Oc4ccc5c6c(C(C)(C)C)cccc6n(-c6cc(C(C)(C)C)ccn6)c5c4)c3)c3ccccc32)c1. The van der Waals surface area contributed by atoms with Crippen LogP contribution < -0.4 is 14.5 Å². The minimum atomic E-state index is -0.0402. The van der Waals surface area contributed by atoms with E-state index in [-0.39, 0.29) is 10.8 Å². The molecule has 6 aromatic carbocycles. The molecule has 0 bridgehead atoms. The van der Waals surface area contributed by atoms with Gasteiger partial charge >= 0.3 is 0 Å². The van der Waals surface area contributed by atoms with E-state index < -0.39 is 0 Å². The molecule has 0 unspecified atom stereocenters. The fourth-order valence-corrected chi connectivity index (χ4v) is 8.60. The van der Waals surface area contributed by atoms with Gasteiger partial charge in [-0.25, -0.2) is 4.98 Å². The minimum Gasteiger partial charge on any atom is -0.457 e. The predicted molar refractivity (Wildman–Crippen MR) is 239 cm³/mol. The zero-order valence-electron chi connectivity index (χ0n) is 34.3. The van der Waals surface area contributed by atoms with Gasteiger partial charge in [0.15, 0.2) is 0 Å². The van der Waals surface area contributed by atoms with Crippen LogP contribution in [0.5, 0.6) is 11.5 Å². The summed E-state index contributed by atoms with van der Waals surface area (Å²) in [6, 6.07) is 50.1. The average molecular weight is 747 g/mol. The van der Waals surface area contributed by atoms with Crippen LogP contribution in [0.4, 0.5) is 22.7 Å². The number of fused-ring (bicyclic) bond motifs is 4. The first-order valence-corrected chi connectivity index (χ1v) is 20.0. The van der Waals surface area contributed by atoms with Crippen molar-refractivity contribution in [2.75, 3.05) is 16.5 Å². The number of benzene rings is 6. The Hall–Kier alpha value is -6.33. The van der Waals surface area contributed by atoms with Crippen molar-refractivity contribution in [2.24, 2.45) is 0 Å². The summed E-state index contributed by atoms with van der Waals surface area (Å²) in [7, 11) is 0. The molecular weight excluding hydrogens is 697 g/mol. The number of aromatic nitrogens is 2. The van der Waals surface area contributed by atoms with Crippen LogP contribution in [0.15, 0.2) is 146 Å². The van der Waals surface area contributed by atoms with Crippen molar-refractivity contribution in [1.82, 2.24) is 9.55 Å². The molecule has 0 saturated carbocycles. The van der Waals surface area contributed by atoms with Crippen molar-refractivity contribution >= 4 is 44.6 Å². The molecule has 5 nitrogen and oxygen atoms in total. The van der Waals surface area contributed by atoms with Gasteiger partial charge in [0.25, 0.3) is 0 Å². The van der Waals surface area contributed by atoms with Crippen LogP contribution in [0.25, 0.3) is 38.8 Å². The van der Waals surface area contributed by atoms with Gasteiger partial charge in [0.2, 0.25) is 0 Å². The summed E-state index contributed by atoms with van der Waals surface area (Å²) in [6.07, 6.45) is 1.94. The first-order chi connectivity index (χ1) is 27.3. The summed E-state index contributed by atoms with van der Waals surface area (Å²) < 4.78 is 9.07. The van der Waals surface area contributed by atoms with Crippen LogP contribution in [0.1, 0.15) is 63.8 Å². The van der Waals surface area contributed by atoms with E-state index in [2.05, 4.69) is 203 Å². The second-order valence-electron chi connectivity index (χ2n) is 17.5. The maximum absolute atomic E-state index is 6.76. The summed E-state index contributed by atoms with van der Waals surface area (Å²) in [5.74, 6) is 2.47. The largest absolute Gasteiger partial charge is 0.457 e. The fraction of sp³-hybridized carbons (Fsp3) is 0.212. The van der Waals surface area contributed by atoms with Crippen LogP contribution >= 0.6 is 0 Å². The highest BCUT2D eigenvalue weighted by Gasteiger charge is 2.29. The molecule has 3 heterocycles. The van der Waals surface area contributed by atoms with Gasteiger partial charge in [0.1, 0.15) is 24.0 Å². The number of rotatable bonds is 6. The first kappa shape index (κ1) is 36.3. The molecule has 8 aromatic rings. The molecule has 0 atom stereocenters. The lowest BCUT2D eigenvalue weighted by atomic mass is 9.84. The first-order valence-electron chi connectivity index (χ1n) is 20.0. The lowest BCUT2D eigenvalue weighted by Gasteiger charge is -2.23. The zero-order chi connectivity index (χ0) is 39.6. The molecule has 5 heteroatoms. The number of hydrogen-bond donors (Lipinski definition) is 0. The third kappa shape index (κ3) is 6.51. The Balaban J connectivity index is 1.09. The van der Waals surface area contributed by atoms with Gasteiger partial charge in [-0.1, -0.05) is 102 Å². The van der Waals surface area contributed by atoms with Gasteiger partial charge in [0, 0.05) is 40.5 Å². The summed E-state index contributed by atoms with van der Waals surface area (Å²) in [4.78, 5) is 9.72. The van der Waals surface area contributed by atoms with Gasteiger partial charge < -0.3 is 14.5 Å². The van der Waals surface area contributed by atoms with Crippen molar-refractivity contribution in [2.45, 2.75) is 66.2 Å².